The number of hydrogen-bond acceptors (Lipinski definition) is 8. The molecule has 16 heteroatoms. The van der Waals surface area contributed by atoms with Crippen molar-refractivity contribution in [2.75, 3.05) is 25.6 Å². The van der Waals surface area contributed by atoms with Crippen molar-refractivity contribution in [3.8, 4) is 5.75 Å². The first-order valence-electron chi connectivity index (χ1n) is 14.8. The molecule has 0 aliphatic carbocycles. The molecule has 1 aromatic heterocycles. The van der Waals surface area contributed by atoms with E-state index >= 15 is 0 Å². The monoisotopic (exact) mass is 691 g/mol. The van der Waals surface area contributed by atoms with Crippen molar-refractivity contribution in [2.24, 2.45) is 5.73 Å². The van der Waals surface area contributed by atoms with E-state index in [0.29, 0.717) is 19.5 Å². The lowest BCUT2D eigenvalue weighted by Crippen LogP contribution is -2.56. The lowest BCUT2D eigenvalue weighted by molar-refractivity contribution is -0.139. The van der Waals surface area contributed by atoms with E-state index in [0.717, 1.165) is 23.3 Å². The maximum atomic E-state index is 13.2. The van der Waals surface area contributed by atoms with Crippen LogP contribution in [0.5, 0.6) is 5.75 Å². The third-order valence-electron chi connectivity index (χ3n) is 7.31. The summed E-state index contributed by atoms with van der Waals surface area (Å²) in [6, 6.07) is 15.2. The number of halogens is 1. The van der Waals surface area contributed by atoms with E-state index in [1.165, 1.54) is 30.9 Å². The summed E-state index contributed by atoms with van der Waals surface area (Å²) in [6.07, 6.45) is 4.23. The van der Waals surface area contributed by atoms with E-state index in [1.807, 2.05) is 54.6 Å². The van der Waals surface area contributed by atoms with Gasteiger partial charge in [-0.05, 0) is 49.9 Å². The van der Waals surface area contributed by atoms with Crippen LogP contribution in [0.2, 0.25) is 0 Å². The summed E-state index contributed by atoms with van der Waals surface area (Å²) in [7, 11) is 1.59. The Morgan fingerprint density at radius 3 is 2.38 bits per heavy atom. The van der Waals surface area contributed by atoms with Gasteiger partial charge in [-0.1, -0.05) is 42.5 Å². The Morgan fingerprint density at radius 1 is 1.04 bits per heavy atom. The number of nitrogens with one attached hydrogen (secondary N) is 3. The molecule has 0 radical (unpaired) electrons. The molecule has 4 rings (SSSR count). The highest BCUT2D eigenvalue weighted by Crippen LogP contribution is 2.19. The van der Waals surface area contributed by atoms with Gasteiger partial charge in [0, 0.05) is 19.3 Å². The van der Waals surface area contributed by atoms with E-state index < -0.39 is 29.4 Å². The lowest BCUT2D eigenvalue weighted by Gasteiger charge is -2.24. The minimum absolute atomic E-state index is 0. The Kier molecular flexibility index (Phi) is 16.7. The van der Waals surface area contributed by atoms with Crippen LogP contribution < -0.4 is 26.4 Å². The second-order valence-corrected chi connectivity index (χ2v) is 11.5. The fourth-order valence-electron chi connectivity index (χ4n) is 4.76. The quantitative estimate of drug-likeness (QED) is 0.184. The third-order valence-corrected chi connectivity index (χ3v) is 7.31. The number of amides is 4. The first-order chi connectivity index (χ1) is 21.5. The predicted octanol–water partition coefficient (Wildman–Crippen LogP) is 0.349. The number of nitrogens with zero attached hydrogens (tertiary/aromatic N) is 3. The van der Waals surface area contributed by atoms with Gasteiger partial charge in [0.15, 0.2) is 5.82 Å². The van der Waals surface area contributed by atoms with Crippen molar-refractivity contribution in [3.63, 3.8) is 0 Å². The van der Waals surface area contributed by atoms with E-state index in [4.69, 9.17) is 15.2 Å². The molecule has 1 aliphatic heterocycles. The fraction of sp³-hybridized carbons (Fsp3) is 0.406. The number of nitrogens with two attached hydrogens (primary N) is 1. The molecule has 0 bridgehead atoms. The molecule has 4 amide bonds. The number of anilines is 1. The van der Waals surface area contributed by atoms with E-state index in [1.54, 1.807) is 12.0 Å². The topological polar surface area (TPSA) is 233 Å². The summed E-state index contributed by atoms with van der Waals surface area (Å²) >= 11 is 0. The van der Waals surface area contributed by atoms with Crippen LogP contribution in [-0.4, -0.2) is 86.9 Å². The highest BCUT2D eigenvalue weighted by Gasteiger charge is 2.34. The van der Waals surface area contributed by atoms with Gasteiger partial charge in [0.25, 0.3) is 5.91 Å². The maximum Gasteiger partial charge on any atom is 0.250 e. The van der Waals surface area contributed by atoms with Gasteiger partial charge in [0.1, 0.15) is 24.4 Å². The Labute approximate surface area is 285 Å². The molecule has 2 heterocycles. The minimum atomic E-state index is -1.21. The van der Waals surface area contributed by atoms with Crippen molar-refractivity contribution in [1.29, 1.82) is 0 Å². The Hall–Kier alpha value is -4.54. The average molecular weight is 692 g/mol. The molecule has 1 unspecified atom stereocenters. The first-order valence-corrected chi connectivity index (χ1v) is 14.8. The number of rotatable bonds is 14. The van der Waals surface area contributed by atoms with Crippen LogP contribution >= 0.6 is 12.4 Å². The van der Waals surface area contributed by atoms with Crippen LogP contribution in [0.25, 0.3) is 0 Å². The van der Waals surface area contributed by atoms with Crippen molar-refractivity contribution in [1.82, 2.24) is 25.1 Å². The first kappa shape index (κ1) is 41.5. The van der Waals surface area contributed by atoms with Gasteiger partial charge in [-0.3, -0.25) is 19.2 Å². The van der Waals surface area contributed by atoms with Gasteiger partial charge in [-0.25, -0.2) is 4.98 Å². The predicted molar refractivity (Wildman–Crippen MR) is 181 cm³/mol. The third kappa shape index (κ3) is 11.9. The van der Waals surface area contributed by atoms with Crippen molar-refractivity contribution in [3.05, 3.63) is 78.2 Å². The average Bonchev–Trinajstić information content (AvgIpc) is 3.69. The second kappa shape index (κ2) is 19.3. The van der Waals surface area contributed by atoms with E-state index in [-0.39, 0.29) is 60.8 Å². The number of methoxy groups -OCH3 is 1. The molecule has 1 saturated heterocycles. The second-order valence-electron chi connectivity index (χ2n) is 11.5. The summed E-state index contributed by atoms with van der Waals surface area (Å²) in [5.74, 6) is -0.594. The van der Waals surface area contributed by atoms with Crippen LogP contribution in [-0.2, 0) is 43.6 Å². The standard InChI is InChI=1S/C32H41N7O6.ClH.2H2O/c1-32(2,33)31(43)36-25(20-45-19-23-8-5-4-6-9-23)29(41)37-27-17-38(21-35-27)18-28(40)39-15-7-10-26(39)30(42)34-16-22-11-13-24(44-3)14-12-22;;;/h4-6,8-9,11-14,17,21,25-26H,7,10,15-16,18-20,33H2,1-3H3,(H,34,42)(H,36,43)(H,37,41);1H;2*1H2/t25-,26?;;;/m1.../s1. The molecule has 9 N–H and O–H groups in total. The highest BCUT2D eigenvalue weighted by molar-refractivity contribution is 5.98. The SMILES string of the molecule is COc1ccc(CNC(=O)C2CCCN2C(=O)Cn2cnc(NC(=O)[C@@H](COCc3ccccc3)NC(=O)C(C)(C)N)c2)cc1.Cl.O.O. The molecule has 1 aliphatic rings. The van der Waals surface area contributed by atoms with Crippen LogP contribution in [0.1, 0.15) is 37.8 Å². The molecule has 0 spiro atoms. The lowest BCUT2D eigenvalue weighted by atomic mass is 10.1. The zero-order chi connectivity index (χ0) is 32.4. The summed E-state index contributed by atoms with van der Waals surface area (Å²) in [6.45, 7) is 3.98. The highest BCUT2D eigenvalue weighted by atomic mass is 35.5. The summed E-state index contributed by atoms with van der Waals surface area (Å²) < 4.78 is 12.4. The van der Waals surface area contributed by atoms with Crippen molar-refractivity contribution in [2.45, 2.75) is 64.0 Å². The van der Waals surface area contributed by atoms with Gasteiger partial charge in [-0.2, -0.15) is 0 Å². The van der Waals surface area contributed by atoms with Gasteiger partial charge >= 0.3 is 0 Å². The van der Waals surface area contributed by atoms with Gasteiger partial charge < -0.3 is 51.6 Å². The zero-order valence-electron chi connectivity index (χ0n) is 27.2. The Balaban J connectivity index is 0.00000384. The maximum absolute atomic E-state index is 13.2. The molecule has 264 valence electrons. The van der Waals surface area contributed by atoms with E-state index in [2.05, 4.69) is 20.9 Å². The summed E-state index contributed by atoms with van der Waals surface area (Å²) in [4.78, 5) is 57.6. The molecule has 48 heavy (non-hydrogen) atoms. The molecular formula is C32H46ClN7O8. The van der Waals surface area contributed by atoms with Crippen molar-refractivity contribution < 1.29 is 39.6 Å². The molecule has 0 saturated carbocycles. The Morgan fingerprint density at radius 2 is 1.73 bits per heavy atom. The number of ether oxygens (including phenoxy) is 2. The minimum Gasteiger partial charge on any atom is -0.497 e. The number of benzene rings is 2. The van der Waals surface area contributed by atoms with Crippen LogP contribution in [0.4, 0.5) is 5.82 Å². The van der Waals surface area contributed by atoms with Crippen LogP contribution in [0.3, 0.4) is 0 Å². The molecule has 1 fully saturated rings. The van der Waals surface area contributed by atoms with Gasteiger partial charge in [0.2, 0.25) is 17.7 Å². The summed E-state index contributed by atoms with van der Waals surface area (Å²) in [5.41, 5.74) is 6.55. The number of hydrogen-bond donors (Lipinski definition) is 4. The molecular weight excluding hydrogens is 646 g/mol. The number of likely N-dealkylation sites (tertiary alicyclic amines) is 1. The number of imidazole rings is 1. The summed E-state index contributed by atoms with van der Waals surface area (Å²) in [5, 5.41) is 8.24. The largest absolute Gasteiger partial charge is 0.497 e. The molecule has 2 atom stereocenters. The normalized spacial score (nSPS) is 14.3. The Bertz CT molecular complexity index is 1470. The number of carbonyl (C=O) groups excluding carboxylic acids is 4. The molecule has 3 aromatic rings. The molecule has 15 nitrogen and oxygen atoms in total. The number of carbonyl (C=O) groups is 4. The smallest absolute Gasteiger partial charge is 0.250 e. The van der Waals surface area contributed by atoms with Crippen LogP contribution in [0.15, 0.2) is 67.1 Å². The van der Waals surface area contributed by atoms with Gasteiger partial charge in [0.05, 0.1) is 32.2 Å². The van der Waals surface area contributed by atoms with Crippen LogP contribution in [0, 0.1) is 0 Å². The van der Waals surface area contributed by atoms with Gasteiger partial charge in [-0.15, -0.1) is 12.4 Å². The fourth-order valence-corrected chi connectivity index (χ4v) is 4.76. The van der Waals surface area contributed by atoms with Crippen molar-refractivity contribution >= 4 is 41.9 Å². The zero-order valence-corrected chi connectivity index (χ0v) is 28.0. The van der Waals surface area contributed by atoms with E-state index in [9.17, 15) is 19.2 Å². The molecule has 2 aromatic carbocycles. The number of aromatic nitrogens is 2.